The lowest BCUT2D eigenvalue weighted by atomic mass is 9.46. The molecule has 0 N–H and O–H groups in total. The second kappa shape index (κ2) is 3.02. The van der Waals surface area contributed by atoms with Crippen molar-refractivity contribution in [2.75, 3.05) is 0 Å². The van der Waals surface area contributed by atoms with E-state index in [9.17, 15) is 0 Å². The lowest BCUT2D eigenvalue weighted by molar-refractivity contribution is -0.106. The molecule has 0 nitrogen and oxygen atoms in total. The van der Waals surface area contributed by atoms with E-state index in [0.29, 0.717) is 0 Å². The van der Waals surface area contributed by atoms with Crippen molar-refractivity contribution in [1.82, 2.24) is 0 Å². The highest BCUT2D eigenvalue weighted by Crippen LogP contribution is 2.73. The van der Waals surface area contributed by atoms with Crippen LogP contribution < -0.4 is 0 Å². The number of rotatable bonds is 1. The molecule has 3 rings (SSSR count). The van der Waals surface area contributed by atoms with Crippen LogP contribution in [0.2, 0.25) is 0 Å². The van der Waals surface area contributed by atoms with E-state index < -0.39 is 0 Å². The summed E-state index contributed by atoms with van der Waals surface area (Å²) in [5.74, 6) is 6.33. The minimum atomic E-state index is 0.768. The molecule has 6 atom stereocenters. The van der Waals surface area contributed by atoms with Crippen molar-refractivity contribution >= 4 is 0 Å². The smallest absolute Gasteiger partial charge is 0.0261 e. The first-order chi connectivity index (χ1) is 7.05. The third kappa shape index (κ3) is 1.09. The van der Waals surface area contributed by atoms with Gasteiger partial charge in [-0.15, -0.1) is 0 Å². The molecule has 86 valence electrons. The molecule has 0 heteroatoms. The molecule has 0 aromatic heterocycles. The summed E-state index contributed by atoms with van der Waals surface area (Å²) in [5.41, 5.74) is 0.768. The SMILES string of the molecule is CC(C)C1CCC2(C)C3CCC(C)C3C12. The van der Waals surface area contributed by atoms with Gasteiger partial charge in [-0.3, -0.25) is 0 Å². The maximum atomic E-state index is 2.61. The molecular weight excluding hydrogens is 180 g/mol. The highest BCUT2D eigenvalue weighted by molar-refractivity contribution is 5.14. The molecule has 0 bridgehead atoms. The molecular formula is C15H26. The van der Waals surface area contributed by atoms with Gasteiger partial charge in [0.15, 0.2) is 0 Å². The van der Waals surface area contributed by atoms with Gasteiger partial charge in [0.25, 0.3) is 0 Å². The Morgan fingerprint density at radius 2 is 1.87 bits per heavy atom. The van der Waals surface area contributed by atoms with Crippen LogP contribution in [0.15, 0.2) is 0 Å². The largest absolute Gasteiger partial charge is 0.0625 e. The first-order valence-corrected chi connectivity index (χ1v) is 7.05. The quantitative estimate of drug-likeness (QED) is 0.598. The van der Waals surface area contributed by atoms with Gasteiger partial charge in [0.05, 0.1) is 0 Å². The lowest BCUT2D eigenvalue weighted by Crippen LogP contribution is -2.53. The second-order valence-corrected chi connectivity index (χ2v) is 7.22. The fourth-order valence-corrected chi connectivity index (χ4v) is 5.70. The number of hydrogen-bond acceptors (Lipinski definition) is 0. The molecule has 0 aromatic carbocycles. The molecule has 0 saturated heterocycles. The van der Waals surface area contributed by atoms with Gasteiger partial charge in [0, 0.05) is 0 Å². The highest BCUT2D eigenvalue weighted by Gasteiger charge is 2.66. The first kappa shape index (κ1) is 10.2. The molecule has 3 fully saturated rings. The molecule has 0 heterocycles. The van der Waals surface area contributed by atoms with E-state index in [1.54, 1.807) is 6.42 Å². The van der Waals surface area contributed by atoms with E-state index in [1.807, 2.05) is 0 Å². The highest BCUT2D eigenvalue weighted by atomic mass is 14.7. The van der Waals surface area contributed by atoms with Gasteiger partial charge >= 0.3 is 0 Å². The predicted octanol–water partition coefficient (Wildman–Crippen LogP) is 4.35. The molecule has 3 saturated carbocycles. The van der Waals surface area contributed by atoms with Crippen LogP contribution in [-0.2, 0) is 0 Å². The maximum absolute atomic E-state index is 2.61. The standard InChI is InChI=1S/C15H26/c1-9(2)11-7-8-15(4)12-6-5-10(3)13(12)14(11)15/h9-14H,5-8H2,1-4H3. The number of hydrogen-bond donors (Lipinski definition) is 0. The van der Waals surface area contributed by atoms with E-state index in [0.717, 1.165) is 40.9 Å². The molecule has 6 unspecified atom stereocenters. The minimum Gasteiger partial charge on any atom is -0.0625 e. The van der Waals surface area contributed by atoms with Crippen molar-refractivity contribution in [2.45, 2.75) is 53.4 Å². The van der Waals surface area contributed by atoms with E-state index in [2.05, 4.69) is 27.7 Å². The van der Waals surface area contributed by atoms with Gasteiger partial charge < -0.3 is 0 Å². The Morgan fingerprint density at radius 3 is 2.53 bits per heavy atom. The van der Waals surface area contributed by atoms with Crippen molar-refractivity contribution < 1.29 is 0 Å². The second-order valence-electron chi connectivity index (χ2n) is 7.22. The Hall–Kier alpha value is 0. The summed E-state index contributed by atoms with van der Waals surface area (Å²) in [6.45, 7) is 10.0. The van der Waals surface area contributed by atoms with Gasteiger partial charge in [-0.25, -0.2) is 0 Å². The van der Waals surface area contributed by atoms with E-state index in [4.69, 9.17) is 0 Å². The van der Waals surface area contributed by atoms with E-state index >= 15 is 0 Å². The predicted molar refractivity (Wildman–Crippen MR) is 64.5 cm³/mol. The van der Waals surface area contributed by atoms with Crippen LogP contribution in [0.5, 0.6) is 0 Å². The zero-order chi connectivity index (χ0) is 10.8. The molecule has 3 aliphatic carbocycles. The maximum Gasteiger partial charge on any atom is -0.0261 e. The van der Waals surface area contributed by atoms with Crippen LogP contribution in [0, 0.1) is 40.9 Å². The molecule has 0 aliphatic heterocycles. The average Bonchev–Trinajstić information content (AvgIpc) is 2.62. The van der Waals surface area contributed by atoms with Crippen LogP contribution in [-0.4, -0.2) is 0 Å². The van der Waals surface area contributed by atoms with Gasteiger partial charge in [0.2, 0.25) is 0 Å². The summed E-state index contributed by atoms with van der Waals surface area (Å²) >= 11 is 0. The zero-order valence-corrected chi connectivity index (χ0v) is 10.8. The summed E-state index contributed by atoms with van der Waals surface area (Å²) in [4.78, 5) is 0. The molecule has 0 aromatic rings. The van der Waals surface area contributed by atoms with Crippen LogP contribution in [0.1, 0.15) is 53.4 Å². The summed E-state index contributed by atoms with van der Waals surface area (Å²) in [5, 5.41) is 0. The summed E-state index contributed by atoms with van der Waals surface area (Å²) in [6, 6.07) is 0. The molecule has 0 spiro atoms. The number of fused-ring (bicyclic) bond motifs is 4. The topological polar surface area (TPSA) is 0 Å². The third-order valence-electron chi connectivity index (χ3n) is 6.41. The Labute approximate surface area is 94.8 Å². The van der Waals surface area contributed by atoms with Crippen LogP contribution in [0.3, 0.4) is 0 Å². The van der Waals surface area contributed by atoms with Crippen LogP contribution in [0.25, 0.3) is 0 Å². The Morgan fingerprint density at radius 1 is 1.13 bits per heavy atom. The van der Waals surface area contributed by atoms with Crippen molar-refractivity contribution in [3.8, 4) is 0 Å². The molecule has 3 aliphatic rings. The van der Waals surface area contributed by atoms with Gasteiger partial charge in [-0.05, 0) is 60.2 Å². The fourth-order valence-electron chi connectivity index (χ4n) is 5.70. The molecule has 15 heavy (non-hydrogen) atoms. The first-order valence-electron chi connectivity index (χ1n) is 7.05. The lowest BCUT2D eigenvalue weighted by Gasteiger charge is -2.58. The Kier molecular flexibility index (Phi) is 2.05. The van der Waals surface area contributed by atoms with Crippen LogP contribution in [0.4, 0.5) is 0 Å². The average molecular weight is 206 g/mol. The van der Waals surface area contributed by atoms with Crippen LogP contribution >= 0.6 is 0 Å². The van der Waals surface area contributed by atoms with Crippen molar-refractivity contribution in [1.29, 1.82) is 0 Å². The minimum absolute atomic E-state index is 0.768. The monoisotopic (exact) mass is 206 g/mol. The summed E-state index contributed by atoms with van der Waals surface area (Å²) in [7, 11) is 0. The summed E-state index contributed by atoms with van der Waals surface area (Å²) in [6.07, 6.45) is 6.13. The van der Waals surface area contributed by atoms with Crippen molar-refractivity contribution in [3.05, 3.63) is 0 Å². The summed E-state index contributed by atoms with van der Waals surface area (Å²) < 4.78 is 0. The van der Waals surface area contributed by atoms with Gasteiger partial charge in [0.1, 0.15) is 0 Å². The van der Waals surface area contributed by atoms with Crippen molar-refractivity contribution in [3.63, 3.8) is 0 Å². The van der Waals surface area contributed by atoms with Gasteiger partial charge in [-0.2, -0.15) is 0 Å². The zero-order valence-electron chi connectivity index (χ0n) is 10.8. The Bertz CT molecular complexity index is 267. The van der Waals surface area contributed by atoms with Gasteiger partial charge in [-0.1, -0.05) is 34.1 Å². The fraction of sp³-hybridized carbons (Fsp3) is 1.00. The van der Waals surface area contributed by atoms with Crippen molar-refractivity contribution in [2.24, 2.45) is 40.9 Å². The Balaban J connectivity index is 1.88. The normalized spacial score (nSPS) is 57.8. The van der Waals surface area contributed by atoms with E-state index in [1.165, 1.54) is 19.3 Å². The molecule has 0 amide bonds. The van der Waals surface area contributed by atoms with E-state index in [-0.39, 0.29) is 0 Å². The molecule has 0 radical (unpaired) electrons. The third-order valence-corrected chi connectivity index (χ3v) is 6.41.